The highest BCUT2D eigenvalue weighted by Crippen LogP contribution is 2.27. The Hall–Kier alpha value is -1.20. The first-order valence-electron chi connectivity index (χ1n) is 6.32. The molecule has 2 N–H and O–H groups in total. The Morgan fingerprint density at radius 3 is 3.06 bits per heavy atom. The van der Waals surface area contributed by atoms with Gasteiger partial charge >= 0.3 is 0 Å². The van der Waals surface area contributed by atoms with Crippen LogP contribution in [0.2, 0.25) is 0 Å². The smallest absolute Gasteiger partial charge is 0.183 e. The fourth-order valence-electron chi connectivity index (χ4n) is 2.29. The molecule has 1 fully saturated rings. The predicted molar refractivity (Wildman–Crippen MR) is 73.7 cm³/mol. The van der Waals surface area contributed by atoms with E-state index in [4.69, 9.17) is 0 Å². The number of halogens is 1. The monoisotopic (exact) mass is 265 g/mol. The fraction of sp³-hybridized carbons (Fsp3) is 0.462. The van der Waals surface area contributed by atoms with Gasteiger partial charge in [-0.2, -0.15) is 0 Å². The van der Waals surface area contributed by atoms with Crippen molar-refractivity contribution in [2.24, 2.45) is 5.92 Å². The summed E-state index contributed by atoms with van der Waals surface area (Å²) in [4.78, 5) is 4.46. The summed E-state index contributed by atoms with van der Waals surface area (Å²) in [6, 6.07) is 4.73. The van der Waals surface area contributed by atoms with E-state index < -0.39 is 0 Å². The molecule has 3 rings (SSSR count). The third kappa shape index (κ3) is 2.62. The summed E-state index contributed by atoms with van der Waals surface area (Å²) in [6.07, 6.45) is 2.43. The SMILES string of the molecule is Fc1ccc2nc(NCC3CCNCC3)sc2c1. The molecule has 96 valence electrons. The average Bonchev–Trinajstić information content (AvgIpc) is 2.79. The van der Waals surface area contributed by atoms with Crippen LogP contribution in [0.5, 0.6) is 0 Å². The van der Waals surface area contributed by atoms with Crippen molar-refractivity contribution < 1.29 is 4.39 Å². The van der Waals surface area contributed by atoms with Crippen LogP contribution < -0.4 is 10.6 Å². The van der Waals surface area contributed by atoms with Crippen LogP contribution in [0.25, 0.3) is 10.2 Å². The second-order valence-corrected chi connectivity index (χ2v) is 5.74. The number of benzene rings is 1. The zero-order valence-corrected chi connectivity index (χ0v) is 10.9. The molecule has 1 aliphatic rings. The van der Waals surface area contributed by atoms with E-state index in [1.54, 1.807) is 12.1 Å². The highest BCUT2D eigenvalue weighted by molar-refractivity contribution is 7.22. The van der Waals surface area contributed by atoms with Crippen LogP contribution >= 0.6 is 11.3 Å². The molecular weight excluding hydrogens is 249 g/mol. The second kappa shape index (κ2) is 5.20. The molecule has 0 radical (unpaired) electrons. The maximum atomic E-state index is 13.1. The molecule has 1 aromatic carbocycles. The van der Waals surface area contributed by atoms with Gasteiger partial charge in [-0.1, -0.05) is 11.3 Å². The number of nitrogens with zero attached hydrogens (tertiary/aromatic N) is 1. The zero-order chi connectivity index (χ0) is 12.4. The van der Waals surface area contributed by atoms with Crippen LogP contribution in [0.15, 0.2) is 18.2 Å². The van der Waals surface area contributed by atoms with Crippen LogP contribution in [0.1, 0.15) is 12.8 Å². The van der Waals surface area contributed by atoms with Crippen LogP contribution in [0, 0.1) is 11.7 Å². The minimum atomic E-state index is -0.198. The Bertz CT molecular complexity index is 534. The quantitative estimate of drug-likeness (QED) is 0.896. The van der Waals surface area contributed by atoms with Crippen LogP contribution in [0.4, 0.5) is 9.52 Å². The number of thiazole rings is 1. The van der Waals surface area contributed by atoms with Crippen LogP contribution in [-0.2, 0) is 0 Å². The average molecular weight is 265 g/mol. The summed E-state index contributed by atoms with van der Waals surface area (Å²) in [6.45, 7) is 3.18. The first kappa shape index (κ1) is 11.9. The van der Waals surface area contributed by atoms with Gasteiger partial charge in [0.1, 0.15) is 5.82 Å². The largest absolute Gasteiger partial charge is 0.361 e. The molecule has 18 heavy (non-hydrogen) atoms. The number of hydrogen-bond donors (Lipinski definition) is 2. The predicted octanol–water partition coefficient (Wildman–Crippen LogP) is 2.85. The zero-order valence-electron chi connectivity index (χ0n) is 10.1. The summed E-state index contributed by atoms with van der Waals surface area (Å²) in [7, 11) is 0. The molecule has 1 aliphatic heterocycles. The molecule has 1 aromatic heterocycles. The second-order valence-electron chi connectivity index (χ2n) is 4.71. The van der Waals surface area contributed by atoms with E-state index in [2.05, 4.69) is 15.6 Å². The fourth-order valence-corrected chi connectivity index (χ4v) is 3.19. The summed E-state index contributed by atoms with van der Waals surface area (Å²) >= 11 is 1.52. The number of nitrogens with one attached hydrogen (secondary N) is 2. The molecule has 1 saturated heterocycles. The Morgan fingerprint density at radius 1 is 1.39 bits per heavy atom. The van der Waals surface area contributed by atoms with Crippen molar-refractivity contribution in [1.82, 2.24) is 10.3 Å². The number of aromatic nitrogens is 1. The van der Waals surface area contributed by atoms with Crippen LogP contribution in [0.3, 0.4) is 0 Å². The lowest BCUT2D eigenvalue weighted by molar-refractivity contribution is 0.390. The van der Waals surface area contributed by atoms with E-state index in [1.165, 1.54) is 30.2 Å². The normalized spacial score (nSPS) is 17.2. The van der Waals surface area contributed by atoms with E-state index in [1.807, 2.05) is 0 Å². The molecular formula is C13H16FN3S. The molecule has 0 amide bonds. The van der Waals surface area contributed by atoms with E-state index in [0.29, 0.717) is 0 Å². The van der Waals surface area contributed by atoms with Crippen molar-refractivity contribution in [2.45, 2.75) is 12.8 Å². The van der Waals surface area contributed by atoms with Gasteiger partial charge in [0.15, 0.2) is 5.13 Å². The van der Waals surface area contributed by atoms with Crippen molar-refractivity contribution in [3.05, 3.63) is 24.0 Å². The number of fused-ring (bicyclic) bond motifs is 1. The van der Waals surface area contributed by atoms with Gasteiger partial charge in [-0.3, -0.25) is 0 Å². The minimum absolute atomic E-state index is 0.198. The summed E-state index contributed by atoms with van der Waals surface area (Å²) in [5.74, 6) is 0.519. The Balaban J connectivity index is 1.67. The first-order chi connectivity index (χ1) is 8.81. The van der Waals surface area contributed by atoms with Gasteiger partial charge in [0.25, 0.3) is 0 Å². The Morgan fingerprint density at radius 2 is 2.22 bits per heavy atom. The van der Waals surface area contributed by atoms with E-state index >= 15 is 0 Å². The molecule has 0 saturated carbocycles. The van der Waals surface area contributed by atoms with Crippen molar-refractivity contribution in [1.29, 1.82) is 0 Å². The lowest BCUT2D eigenvalue weighted by Gasteiger charge is -2.22. The van der Waals surface area contributed by atoms with E-state index in [0.717, 1.165) is 40.9 Å². The Labute approximate surface area is 109 Å². The van der Waals surface area contributed by atoms with Crippen molar-refractivity contribution in [3.8, 4) is 0 Å². The first-order valence-corrected chi connectivity index (χ1v) is 7.13. The maximum Gasteiger partial charge on any atom is 0.183 e. The highest BCUT2D eigenvalue weighted by Gasteiger charge is 2.13. The molecule has 2 aromatic rings. The number of rotatable bonds is 3. The Kier molecular flexibility index (Phi) is 3.43. The van der Waals surface area contributed by atoms with Crippen LogP contribution in [-0.4, -0.2) is 24.6 Å². The lowest BCUT2D eigenvalue weighted by Crippen LogP contribution is -2.31. The van der Waals surface area contributed by atoms with E-state index in [-0.39, 0.29) is 5.82 Å². The number of anilines is 1. The minimum Gasteiger partial charge on any atom is -0.361 e. The van der Waals surface area contributed by atoms with Gasteiger partial charge in [-0.05, 0) is 50.0 Å². The van der Waals surface area contributed by atoms with Gasteiger partial charge < -0.3 is 10.6 Å². The standard InChI is InChI=1S/C13H16FN3S/c14-10-1-2-11-12(7-10)18-13(17-11)16-8-9-3-5-15-6-4-9/h1-2,7,9,15H,3-6,8H2,(H,16,17). The van der Waals surface area contributed by atoms with Gasteiger partial charge in [0.05, 0.1) is 10.2 Å². The van der Waals surface area contributed by atoms with Gasteiger partial charge in [0.2, 0.25) is 0 Å². The third-order valence-electron chi connectivity index (χ3n) is 3.35. The van der Waals surface area contributed by atoms with Gasteiger partial charge in [-0.25, -0.2) is 9.37 Å². The van der Waals surface area contributed by atoms with E-state index in [9.17, 15) is 4.39 Å². The molecule has 3 nitrogen and oxygen atoms in total. The van der Waals surface area contributed by atoms with Crippen molar-refractivity contribution >= 4 is 26.7 Å². The molecule has 0 spiro atoms. The van der Waals surface area contributed by atoms with Gasteiger partial charge in [0, 0.05) is 6.54 Å². The molecule has 0 unspecified atom stereocenters. The summed E-state index contributed by atoms with van der Waals surface area (Å²) in [5, 5.41) is 7.64. The van der Waals surface area contributed by atoms with Gasteiger partial charge in [-0.15, -0.1) is 0 Å². The summed E-state index contributed by atoms with van der Waals surface area (Å²) < 4.78 is 14.0. The molecule has 0 aliphatic carbocycles. The molecule has 0 atom stereocenters. The van der Waals surface area contributed by atoms with Crippen molar-refractivity contribution in [2.75, 3.05) is 25.0 Å². The van der Waals surface area contributed by atoms with Crippen molar-refractivity contribution in [3.63, 3.8) is 0 Å². The molecule has 5 heteroatoms. The topological polar surface area (TPSA) is 37.0 Å². The highest BCUT2D eigenvalue weighted by atomic mass is 32.1. The lowest BCUT2D eigenvalue weighted by atomic mass is 9.98. The summed E-state index contributed by atoms with van der Waals surface area (Å²) in [5.41, 5.74) is 0.870. The molecule has 0 bridgehead atoms. The maximum absolute atomic E-state index is 13.1. The number of hydrogen-bond acceptors (Lipinski definition) is 4. The third-order valence-corrected chi connectivity index (χ3v) is 4.33. The molecule has 2 heterocycles. The number of piperidine rings is 1.